The Hall–Kier alpha value is -3.79. The number of amides is 1. The van der Waals surface area contributed by atoms with E-state index in [-0.39, 0.29) is 17.9 Å². The van der Waals surface area contributed by atoms with Crippen LogP contribution in [-0.2, 0) is 6.54 Å². The van der Waals surface area contributed by atoms with Crippen LogP contribution in [0.3, 0.4) is 0 Å². The van der Waals surface area contributed by atoms with Crippen molar-refractivity contribution in [1.29, 1.82) is 5.26 Å². The molecule has 3 rings (SSSR count). The maximum atomic E-state index is 14.1. The molecule has 0 aliphatic carbocycles. The van der Waals surface area contributed by atoms with Crippen molar-refractivity contribution in [3.63, 3.8) is 0 Å². The number of aryl methyl sites for hydroxylation is 1. The summed E-state index contributed by atoms with van der Waals surface area (Å²) < 4.78 is 15.3. The predicted octanol–water partition coefficient (Wildman–Crippen LogP) is 2.48. The van der Waals surface area contributed by atoms with E-state index >= 15 is 0 Å². The number of nitriles is 1. The molecule has 0 atom stereocenters. The minimum absolute atomic E-state index is 0.128. The maximum absolute atomic E-state index is 14.1. The summed E-state index contributed by atoms with van der Waals surface area (Å²) in [7, 11) is 0. The van der Waals surface area contributed by atoms with Crippen molar-refractivity contribution >= 4 is 5.91 Å². The smallest absolute Gasteiger partial charge is 0.276 e. The Morgan fingerprint density at radius 1 is 1.22 bits per heavy atom. The summed E-state index contributed by atoms with van der Waals surface area (Å²) in [6.45, 7) is 1.74. The normalized spacial score (nSPS) is 10.3. The third kappa shape index (κ3) is 3.90. The van der Waals surface area contributed by atoms with E-state index in [0.717, 1.165) is 0 Å². The largest absolute Gasteiger partial charge is 0.346 e. The molecule has 7 heteroatoms. The van der Waals surface area contributed by atoms with Gasteiger partial charge < -0.3 is 5.32 Å². The number of halogens is 1. The fourth-order valence-corrected chi connectivity index (χ4v) is 2.59. The molecule has 3 aromatic rings. The summed E-state index contributed by atoms with van der Waals surface area (Å²) in [6, 6.07) is 16.0. The summed E-state index contributed by atoms with van der Waals surface area (Å²) in [4.78, 5) is 24.6. The van der Waals surface area contributed by atoms with Crippen molar-refractivity contribution < 1.29 is 9.18 Å². The van der Waals surface area contributed by atoms with Gasteiger partial charge in [-0.2, -0.15) is 10.4 Å². The molecule has 0 bridgehead atoms. The number of para-hydroxylation sites is 1. The van der Waals surface area contributed by atoms with Gasteiger partial charge in [0, 0.05) is 18.3 Å². The van der Waals surface area contributed by atoms with Crippen molar-refractivity contribution in [1.82, 2.24) is 15.1 Å². The zero-order chi connectivity index (χ0) is 19.4. The van der Waals surface area contributed by atoms with Crippen LogP contribution in [0.2, 0.25) is 0 Å². The van der Waals surface area contributed by atoms with Crippen LogP contribution < -0.4 is 10.7 Å². The van der Waals surface area contributed by atoms with Crippen LogP contribution in [0.4, 0.5) is 4.39 Å². The van der Waals surface area contributed by atoms with Gasteiger partial charge in [0.1, 0.15) is 11.5 Å². The molecule has 27 heavy (non-hydrogen) atoms. The van der Waals surface area contributed by atoms with Gasteiger partial charge in [-0.25, -0.2) is 9.07 Å². The second-order valence-electron chi connectivity index (χ2n) is 5.86. The molecule has 0 saturated carbocycles. The molecular formula is C20H15FN4O2. The molecule has 2 aromatic carbocycles. The maximum Gasteiger partial charge on any atom is 0.276 e. The Balaban J connectivity index is 1.89. The number of hydrogen-bond donors (Lipinski definition) is 1. The average molecular weight is 362 g/mol. The topological polar surface area (TPSA) is 87.8 Å². The Bertz CT molecular complexity index is 1120. The molecule has 0 radical (unpaired) electrons. The molecule has 0 aliphatic heterocycles. The average Bonchev–Trinajstić information content (AvgIpc) is 2.67. The van der Waals surface area contributed by atoms with E-state index < -0.39 is 17.2 Å². The number of carbonyl (C=O) groups excluding carboxylic acids is 1. The molecule has 1 amide bonds. The summed E-state index contributed by atoms with van der Waals surface area (Å²) in [6.07, 6.45) is 0. The molecule has 1 N–H and O–H groups in total. The van der Waals surface area contributed by atoms with E-state index in [1.807, 2.05) is 6.07 Å². The number of hydrogen-bond acceptors (Lipinski definition) is 4. The molecule has 0 unspecified atom stereocenters. The van der Waals surface area contributed by atoms with Gasteiger partial charge in [-0.05, 0) is 36.8 Å². The quantitative estimate of drug-likeness (QED) is 0.772. The Morgan fingerprint density at radius 2 is 2.00 bits per heavy atom. The number of carbonyl (C=O) groups is 1. The van der Waals surface area contributed by atoms with Crippen LogP contribution in [0.15, 0.2) is 59.4 Å². The lowest BCUT2D eigenvalue weighted by Gasteiger charge is -2.12. The SMILES string of the molecule is Cc1cc(=O)c(C(=O)NCc2cccc(C#N)c2)nn1-c1ccccc1F. The summed E-state index contributed by atoms with van der Waals surface area (Å²) in [5, 5.41) is 15.6. The second kappa shape index (κ2) is 7.62. The first-order valence-corrected chi connectivity index (χ1v) is 8.12. The van der Waals surface area contributed by atoms with Crippen molar-refractivity contribution in [3.8, 4) is 11.8 Å². The Labute approximate surface area is 154 Å². The molecule has 0 fully saturated rings. The monoisotopic (exact) mass is 362 g/mol. The molecule has 6 nitrogen and oxygen atoms in total. The van der Waals surface area contributed by atoms with Crippen LogP contribution in [0.1, 0.15) is 27.3 Å². The van der Waals surface area contributed by atoms with Crippen LogP contribution in [0.5, 0.6) is 0 Å². The first-order valence-electron chi connectivity index (χ1n) is 8.12. The van der Waals surface area contributed by atoms with E-state index in [2.05, 4.69) is 10.4 Å². The van der Waals surface area contributed by atoms with Gasteiger partial charge in [-0.15, -0.1) is 0 Å². The highest BCUT2D eigenvalue weighted by Gasteiger charge is 2.16. The fourth-order valence-electron chi connectivity index (χ4n) is 2.59. The van der Waals surface area contributed by atoms with Gasteiger partial charge in [-0.1, -0.05) is 24.3 Å². The molecule has 1 heterocycles. The lowest BCUT2D eigenvalue weighted by atomic mass is 10.1. The minimum atomic E-state index is -0.674. The standard InChI is InChI=1S/C20H15FN4O2/c1-13-9-18(26)19(24-25(13)17-8-3-2-7-16(17)21)20(27)23-12-15-6-4-5-14(10-15)11-22/h2-10H,12H2,1H3,(H,23,27). The van der Waals surface area contributed by atoms with Gasteiger partial charge in [0.05, 0.1) is 11.6 Å². The zero-order valence-corrected chi connectivity index (χ0v) is 14.4. The second-order valence-corrected chi connectivity index (χ2v) is 5.86. The van der Waals surface area contributed by atoms with Crippen LogP contribution in [0.25, 0.3) is 5.69 Å². The Kier molecular flexibility index (Phi) is 5.08. The fraction of sp³-hybridized carbons (Fsp3) is 0.100. The van der Waals surface area contributed by atoms with Gasteiger partial charge in [0.25, 0.3) is 5.91 Å². The van der Waals surface area contributed by atoms with Gasteiger partial charge in [0.15, 0.2) is 5.69 Å². The highest BCUT2D eigenvalue weighted by molar-refractivity contribution is 5.92. The number of nitrogens with zero attached hydrogens (tertiary/aromatic N) is 3. The van der Waals surface area contributed by atoms with Gasteiger partial charge in [0.2, 0.25) is 5.43 Å². The summed E-state index contributed by atoms with van der Waals surface area (Å²) >= 11 is 0. The van der Waals surface area contributed by atoms with E-state index in [9.17, 15) is 14.0 Å². The number of aromatic nitrogens is 2. The highest BCUT2D eigenvalue weighted by Crippen LogP contribution is 2.13. The predicted molar refractivity (Wildman–Crippen MR) is 96.9 cm³/mol. The minimum Gasteiger partial charge on any atom is -0.346 e. The molecular weight excluding hydrogens is 347 g/mol. The third-order valence-electron chi connectivity index (χ3n) is 3.91. The lowest BCUT2D eigenvalue weighted by Crippen LogP contribution is -2.31. The zero-order valence-electron chi connectivity index (χ0n) is 14.4. The first-order chi connectivity index (χ1) is 13.0. The molecule has 0 saturated heterocycles. The highest BCUT2D eigenvalue weighted by atomic mass is 19.1. The van der Waals surface area contributed by atoms with Crippen LogP contribution in [0, 0.1) is 24.1 Å². The number of nitrogens with one attached hydrogen (secondary N) is 1. The molecule has 0 spiro atoms. The van der Waals surface area contributed by atoms with E-state index in [1.54, 1.807) is 43.3 Å². The van der Waals surface area contributed by atoms with Crippen LogP contribution in [-0.4, -0.2) is 15.7 Å². The van der Waals surface area contributed by atoms with Gasteiger partial charge >= 0.3 is 0 Å². The Morgan fingerprint density at radius 3 is 2.74 bits per heavy atom. The third-order valence-corrected chi connectivity index (χ3v) is 3.91. The van der Waals surface area contributed by atoms with Gasteiger partial charge in [-0.3, -0.25) is 9.59 Å². The molecule has 134 valence electrons. The first kappa shape index (κ1) is 18.0. The molecule has 1 aromatic heterocycles. The van der Waals surface area contributed by atoms with E-state index in [4.69, 9.17) is 5.26 Å². The summed E-state index contributed by atoms with van der Waals surface area (Å²) in [5.74, 6) is -1.19. The number of rotatable bonds is 4. The van der Waals surface area contributed by atoms with Crippen molar-refractivity contribution in [3.05, 3.63) is 93.2 Å². The number of benzene rings is 2. The van der Waals surface area contributed by atoms with E-state index in [1.165, 1.54) is 22.9 Å². The lowest BCUT2D eigenvalue weighted by molar-refractivity contribution is 0.0943. The van der Waals surface area contributed by atoms with Crippen molar-refractivity contribution in [2.24, 2.45) is 0 Å². The van der Waals surface area contributed by atoms with Crippen molar-refractivity contribution in [2.45, 2.75) is 13.5 Å². The van der Waals surface area contributed by atoms with E-state index in [0.29, 0.717) is 16.8 Å². The van der Waals surface area contributed by atoms with Crippen molar-refractivity contribution in [2.75, 3.05) is 0 Å². The summed E-state index contributed by atoms with van der Waals surface area (Å²) in [5.41, 5.74) is 0.846. The van der Waals surface area contributed by atoms with Crippen LogP contribution >= 0.6 is 0 Å². The molecule has 0 aliphatic rings.